The number of anilines is 3. The summed E-state index contributed by atoms with van der Waals surface area (Å²) >= 11 is 0. The van der Waals surface area contributed by atoms with Crippen LogP contribution in [0.25, 0.3) is 0 Å². The van der Waals surface area contributed by atoms with Crippen LogP contribution < -0.4 is 20.7 Å². The van der Waals surface area contributed by atoms with Crippen molar-refractivity contribution >= 4 is 29.3 Å². The summed E-state index contributed by atoms with van der Waals surface area (Å²) in [5, 5.41) is 2.69. The monoisotopic (exact) mass is 386 g/mol. The lowest BCUT2D eigenvalue weighted by atomic mass is 10.1. The van der Waals surface area contributed by atoms with E-state index in [-0.39, 0.29) is 12.5 Å². The van der Waals surface area contributed by atoms with Crippen molar-refractivity contribution in [3.8, 4) is 5.75 Å². The van der Waals surface area contributed by atoms with E-state index in [1.807, 2.05) is 13.8 Å². The van der Waals surface area contributed by atoms with Crippen LogP contribution in [0.5, 0.6) is 5.75 Å². The lowest BCUT2D eigenvalue weighted by Crippen LogP contribution is -2.51. The highest BCUT2D eigenvalue weighted by molar-refractivity contribution is 6.03. The number of hydrogen-bond donors (Lipinski definition) is 2. The Morgan fingerprint density at radius 1 is 1.32 bits per heavy atom. The number of hydrogen-bond acceptors (Lipinski definition) is 9. The number of methoxy groups -OCH3 is 1. The largest absolute Gasteiger partial charge is 0.496 e. The molecule has 3 heterocycles. The number of aromatic nitrogens is 3. The second-order valence-electron chi connectivity index (χ2n) is 6.49. The quantitative estimate of drug-likeness (QED) is 0.744. The number of amides is 1. The molecule has 28 heavy (non-hydrogen) atoms. The van der Waals surface area contributed by atoms with Crippen LogP contribution in [0.2, 0.25) is 0 Å². The Balaban J connectivity index is 2.12. The van der Waals surface area contributed by atoms with Crippen molar-refractivity contribution in [2.24, 2.45) is 0 Å². The summed E-state index contributed by atoms with van der Waals surface area (Å²) in [5.41, 5.74) is 9.09. The van der Waals surface area contributed by atoms with Crippen LogP contribution in [0, 0.1) is 20.8 Å². The van der Waals surface area contributed by atoms with Crippen molar-refractivity contribution in [1.82, 2.24) is 15.0 Å². The first-order valence-electron chi connectivity index (χ1n) is 8.60. The highest BCUT2D eigenvalue weighted by Crippen LogP contribution is 2.35. The molecule has 3 rings (SSSR count). The fraction of sp³-hybridized carbons (Fsp3) is 0.389. The topological polar surface area (TPSA) is 133 Å². The van der Waals surface area contributed by atoms with E-state index < -0.39 is 18.1 Å². The van der Waals surface area contributed by atoms with E-state index >= 15 is 0 Å². The van der Waals surface area contributed by atoms with Gasteiger partial charge in [-0.25, -0.2) is 4.98 Å². The van der Waals surface area contributed by atoms with Gasteiger partial charge in [0.1, 0.15) is 11.4 Å². The van der Waals surface area contributed by atoms with Crippen molar-refractivity contribution in [3.63, 3.8) is 0 Å². The molecule has 1 aliphatic rings. The van der Waals surface area contributed by atoms with Gasteiger partial charge in [-0.05, 0) is 20.8 Å². The molecule has 0 saturated heterocycles. The van der Waals surface area contributed by atoms with E-state index in [9.17, 15) is 9.59 Å². The molecule has 0 fully saturated rings. The number of fused-ring (bicyclic) bond motifs is 1. The average Bonchev–Trinajstić information content (AvgIpc) is 2.61. The zero-order valence-electron chi connectivity index (χ0n) is 16.4. The number of esters is 1. The Bertz CT molecular complexity index is 962. The minimum absolute atomic E-state index is 0.0464. The highest BCUT2D eigenvalue weighted by atomic mass is 16.6. The molecule has 10 nitrogen and oxygen atoms in total. The molecule has 0 bridgehead atoms. The van der Waals surface area contributed by atoms with Gasteiger partial charge in [-0.15, -0.1) is 0 Å². The van der Waals surface area contributed by atoms with Gasteiger partial charge in [0.05, 0.1) is 25.0 Å². The number of rotatable bonds is 4. The lowest BCUT2D eigenvalue weighted by molar-refractivity contribution is -0.152. The first-order valence-corrected chi connectivity index (χ1v) is 8.60. The van der Waals surface area contributed by atoms with Gasteiger partial charge in [0, 0.05) is 24.2 Å². The molecule has 1 amide bonds. The summed E-state index contributed by atoms with van der Waals surface area (Å²) in [7, 11) is 1.59. The van der Waals surface area contributed by atoms with E-state index in [2.05, 4.69) is 20.3 Å². The van der Waals surface area contributed by atoms with Crippen LogP contribution in [0.3, 0.4) is 0 Å². The van der Waals surface area contributed by atoms with Gasteiger partial charge in [-0.2, -0.15) is 4.98 Å². The first kappa shape index (κ1) is 19.3. The molecule has 2 aromatic heterocycles. The maximum atomic E-state index is 12.6. The number of pyridine rings is 1. The van der Waals surface area contributed by atoms with Crippen LogP contribution >= 0.6 is 0 Å². The number of nitrogens with zero attached hydrogens (tertiary/aromatic N) is 4. The van der Waals surface area contributed by atoms with Gasteiger partial charge >= 0.3 is 5.97 Å². The Morgan fingerprint density at radius 2 is 2.04 bits per heavy atom. The zero-order valence-corrected chi connectivity index (χ0v) is 16.4. The smallest absolute Gasteiger partial charge is 0.304 e. The minimum atomic E-state index is -1.22. The fourth-order valence-corrected chi connectivity index (χ4v) is 3.19. The molecular weight excluding hydrogens is 364 g/mol. The second kappa shape index (κ2) is 7.29. The molecule has 0 spiro atoms. The SMILES string of the molecule is COc1c(C)cnc(CN2c3nc(N)nc(C)c3NC(=O)[C@H]2OC(C)=O)c1C. The summed E-state index contributed by atoms with van der Waals surface area (Å²) in [6.45, 7) is 6.86. The maximum absolute atomic E-state index is 12.6. The third-order valence-electron chi connectivity index (χ3n) is 4.46. The number of carbonyl (C=O) groups is 2. The average molecular weight is 386 g/mol. The Morgan fingerprint density at radius 3 is 2.68 bits per heavy atom. The van der Waals surface area contributed by atoms with Crippen LogP contribution in [0.15, 0.2) is 6.20 Å². The van der Waals surface area contributed by atoms with E-state index in [1.54, 1.807) is 25.1 Å². The molecule has 3 N–H and O–H groups in total. The van der Waals surface area contributed by atoms with Gasteiger partial charge < -0.3 is 25.4 Å². The summed E-state index contributed by atoms with van der Waals surface area (Å²) in [6.07, 6.45) is 0.471. The molecule has 0 aliphatic carbocycles. The van der Waals surface area contributed by atoms with Crippen molar-refractivity contribution in [3.05, 3.63) is 28.7 Å². The van der Waals surface area contributed by atoms with Gasteiger partial charge in [0.15, 0.2) is 5.82 Å². The number of aryl methyl sites for hydroxylation is 2. The van der Waals surface area contributed by atoms with Gasteiger partial charge in [0.2, 0.25) is 5.95 Å². The van der Waals surface area contributed by atoms with Crippen LogP contribution in [0.4, 0.5) is 17.5 Å². The molecule has 0 unspecified atom stereocenters. The third kappa shape index (κ3) is 3.40. The van der Waals surface area contributed by atoms with Crippen molar-refractivity contribution in [2.45, 2.75) is 40.5 Å². The molecule has 10 heteroatoms. The van der Waals surface area contributed by atoms with Crippen molar-refractivity contribution < 1.29 is 19.1 Å². The maximum Gasteiger partial charge on any atom is 0.304 e. The Hall–Kier alpha value is -3.43. The molecule has 0 saturated carbocycles. The van der Waals surface area contributed by atoms with Crippen LogP contribution in [0.1, 0.15) is 29.4 Å². The molecule has 0 aromatic carbocycles. The molecule has 1 aliphatic heterocycles. The molecule has 148 valence electrons. The van der Waals surface area contributed by atoms with Gasteiger partial charge in [-0.1, -0.05) is 0 Å². The lowest BCUT2D eigenvalue weighted by Gasteiger charge is -2.36. The highest BCUT2D eigenvalue weighted by Gasteiger charge is 2.38. The molecule has 2 aromatic rings. The molecule has 0 radical (unpaired) electrons. The summed E-state index contributed by atoms with van der Waals surface area (Å²) in [4.78, 5) is 38.6. The van der Waals surface area contributed by atoms with Crippen LogP contribution in [-0.4, -0.2) is 40.2 Å². The number of nitrogens with two attached hydrogens (primary N) is 1. The predicted octanol–water partition coefficient (Wildman–Crippen LogP) is 1.24. The summed E-state index contributed by atoms with van der Waals surface area (Å²) in [5.74, 6) is 0.00487. The number of ether oxygens (including phenoxy) is 2. The van der Waals surface area contributed by atoms with Crippen molar-refractivity contribution in [2.75, 3.05) is 23.1 Å². The van der Waals surface area contributed by atoms with Crippen LogP contribution in [-0.2, 0) is 20.9 Å². The Labute approximate surface area is 162 Å². The molecular formula is C18H22N6O4. The van der Waals surface area contributed by atoms with Crippen molar-refractivity contribution in [1.29, 1.82) is 0 Å². The fourth-order valence-electron chi connectivity index (χ4n) is 3.19. The number of nitrogen functional groups attached to an aromatic ring is 1. The van der Waals surface area contributed by atoms with Gasteiger partial charge in [0.25, 0.3) is 12.1 Å². The molecule has 1 atom stereocenters. The van der Waals surface area contributed by atoms with E-state index in [4.69, 9.17) is 15.2 Å². The summed E-state index contributed by atoms with van der Waals surface area (Å²) in [6, 6.07) is 0. The van der Waals surface area contributed by atoms with E-state index in [0.717, 1.165) is 11.1 Å². The Kier molecular flexibility index (Phi) is 5.04. The zero-order chi connectivity index (χ0) is 20.6. The third-order valence-corrected chi connectivity index (χ3v) is 4.46. The van der Waals surface area contributed by atoms with E-state index in [0.29, 0.717) is 28.6 Å². The summed E-state index contributed by atoms with van der Waals surface area (Å²) < 4.78 is 10.7. The minimum Gasteiger partial charge on any atom is -0.496 e. The number of carbonyl (C=O) groups excluding carboxylic acids is 2. The first-order chi connectivity index (χ1) is 13.2. The number of nitrogens with one attached hydrogen (secondary N) is 1. The normalized spacial score (nSPS) is 15.7. The van der Waals surface area contributed by atoms with E-state index in [1.165, 1.54) is 6.92 Å². The van der Waals surface area contributed by atoms with Gasteiger partial charge in [-0.3, -0.25) is 14.6 Å². The second-order valence-corrected chi connectivity index (χ2v) is 6.49. The predicted molar refractivity (Wildman–Crippen MR) is 102 cm³/mol. The standard InChI is InChI=1S/C18H22N6O4/c1-8-6-20-12(9(2)14(8)27-5)7-24-15-13(10(3)21-18(19)23-15)22-16(26)17(24)28-11(4)25/h6,17H,7H2,1-5H3,(H,22,26)(H2,19,21,23)/t17-/m1/s1.